The Kier molecular flexibility index (Phi) is 3.67. The third kappa shape index (κ3) is 2.53. The number of amides is 1. The fourth-order valence-electron chi connectivity index (χ4n) is 2.04. The molecule has 0 bridgehead atoms. The largest absolute Gasteiger partial charge is 0.306 e. The van der Waals surface area contributed by atoms with E-state index in [1.165, 1.54) is 0 Å². The van der Waals surface area contributed by atoms with Gasteiger partial charge in [-0.2, -0.15) is 0 Å². The summed E-state index contributed by atoms with van der Waals surface area (Å²) in [5.41, 5.74) is 2.06. The van der Waals surface area contributed by atoms with Crippen molar-refractivity contribution in [3.8, 4) is 0 Å². The van der Waals surface area contributed by atoms with Crippen LogP contribution < -0.4 is 5.32 Å². The molecule has 3 rings (SSSR count). The zero-order chi connectivity index (χ0) is 14.3. The van der Waals surface area contributed by atoms with Gasteiger partial charge in [0.2, 0.25) is 0 Å². The van der Waals surface area contributed by atoms with Crippen LogP contribution in [0.5, 0.6) is 0 Å². The lowest BCUT2D eigenvalue weighted by Crippen LogP contribution is -2.04. The van der Waals surface area contributed by atoms with E-state index in [-0.39, 0.29) is 5.91 Å². The molecule has 0 fully saturated rings. The van der Waals surface area contributed by atoms with Crippen molar-refractivity contribution < 1.29 is 4.79 Å². The Balaban J connectivity index is 2.15. The first-order valence-corrected chi connectivity index (χ1v) is 7.65. The van der Waals surface area contributed by atoms with Gasteiger partial charge in [-0.25, -0.2) is 4.98 Å². The molecule has 1 aromatic carbocycles. The van der Waals surface area contributed by atoms with Gasteiger partial charge in [0.05, 0.1) is 10.6 Å². The molecule has 0 atom stereocenters. The molecule has 0 radical (unpaired) electrons. The summed E-state index contributed by atoms with van der Waals surface area (Å²) in [5.74, 6) is 0.305. The standard InChI is InChI=1S/C14H7Br2ClN2O/c15-8-3-7(4-9(16)6-8)5-10-12-11(17)1-2-18-13(12)19-14(10)20/h1-6H,(H,18,19,20)/b10-5+. The molecule has 0 unspecified atom stereocenters. The number of aromatic nitrogens is 1. The fourth-order valence-corrected chi connectivity index (χ4v) is 3.62. The number of fused-ring (bicyclic) bond motifs is 1. The number of hydrogen-bond donors (Lipinski definition) is 1. The van der Waals surface area contributed by atoms with E-state index >= 15 is 0 Å². The summed E-state index contributed by atoms with van der Waals surface area (Å²) < 4.78 is 1.85. The second kappa shape index (κ2) is 5.31. The van der Waals surface area contributed by atoms with Gasteiger partial charge in [0.1, 0.15) is 5.82 Å². The van der Waals surface area contributed by atoms with Crippen molar-refractivity contribution in [2.24, 2.45) is 0 Å². The van der Waals surface area contributed by atoms with E-state index in [4.69, 9.17) is 11.6 Å². The maximum Gasteiger partial charge on any atom is 0.257 e. The molecule has 0 aliphatic carbocycles. The van der Waals surface area contributed by atoms with Gasteiger partial charge in [0.15, 0.2) is 0 Å². The quantitative estimate of drug-likeness (QED) is 0.684. The van der Waals surface area contributed by atoms with Crippen LogP contribution in [0.15, 0.2) is 39.4 Å². The van der Waals surface area contributed by atoms with Crippen LogP contribution in [0.25, 0.3) is 11.6 Å². The second-order valence-corrected chi connectivity index (χ2v) is 6.47. The third-order valence-corrected chi connectivity index (χ3v) is 4.07. The molecule has 3 nitrogen and oxygen atoms in total. The molecule has 0 saturated heterocycles. The van der Waals surface area contributed by atoms with E-state index in [0.717, 1.165) is 14.5 Å². The zero-order valence-corrected chi connectivity index (χ0v) is 13.9. The molecule has 0 saturated carbocycles. The highest BCUT2D eigenvalue weighted by molar-refractivity contribution is 9.11. The highest BCUT2D eigenvalue weighted by Gasteiger charge is 2.27. The lowest BCUT2D eigenvalue weighted by Gasteiger charge is -2.02. The summed E-state index contributed by atoms with van der Waals surface area (Å²) in [7, 11) is 0. The van der Waals surface area contributed by atoms with Crippen LogP contribution in [0, 0.1) is 0 Å². The molecule has 1 amide bonds. The Hall–Kier alpha value is -1.17. The average Bonchev–Trinajstić information content (AvgIpc) is 2.66. The molecule has 2 heterocycles. The Morgan fingerprint density at radius 2 is 1.90 bits per heavy atom. The topological polar surface area (TPSA) is 42.0 Å². The SMILES string of the molecule is O=C1Nc2nccc(Cl)c2/C1=C\c1cc(Br)cc(Br)c1. The number of nitrogens with one attached hydrogen (secondary N) is 1. The number of carbonyl (C=O) groups is 1. The highest BCUT2D eigenvalue weighted by Crippen LogP contribution is 2.37. The predicted molar refractivity (Wildman–Crippen MR) is 87.6 cm³/mol. The summed E-state index contributed by atoms with van der Waals surface area (Å²) in [6.07, 6.45) is 3.37. The number of pyridine rings is 1. The molecule has 1 N–H and O–H groups in total. The summed E-state index contributed by atoms with van der Waals surface area (Å²) in [6.45, 7) is 0. The van der Waals surface area contributed by atoms with Gasteiger partial charge in [-0.1, -0.05) is 43.5 Å². The van der Waals surface area contributed by atoms with Crippen LogP contribution in [0.3, 0.4) is 0 Å². The van der Waals surface area contributed by atoms with Crippen LogP contribution in [-0.4, -0.2) is 10.9 Å². The monoisotopic (exact) mass is 412 g/mol. The number of rotatable bonds is 1. The third-order valence-electron chi connectivity index (χ3n) is 2.84. The number of anilines is 1. The molecular formula is C14H7Br2ClN2O. The van der Waals surface area contributed by atoms with Gasteiger partial charge in [-0.15, -0.1) is 0 Å². The number of halogens is 3. The average molecular weight is 414 g/mol. The van der Waals surface area contributed by atoms with Gasteiger partial charge >= 0.3 is 0 Å². The normalized spacial score (nSPS) is 15.3. The summed E-state index contributed by atoms with van der Waals surface area (Å²) >= 11 is 13.0. The van der Waals surface area contributed by atoms with E-state index in [9.17, 15) is 4.79 Å². The van der Waals surface area contributed by atoms with E-state index in [1.54, 1.807) is 18.3 Å². The molecule has 0 spiro atoms. The Morgan fingerprint density at radius 1 is 1.20 bits per heavy atom. The van der Waals surface area contributed by atoms with Gasteiger partial charge in [-0.05, 0) is 35.9 Å². The number of benzene rings is 1. The van der Waals surface area contributed by atoms with Crippen molar-refractivity contribution in [1.29, 1.82) is 0 Å². The minimum absolute atomic E-state index is 0.198. The van der Waals surface area contributed by atoms with Crippen molar-refractivity contribution in [3.05, 3.63) is 55.6 Å². The molecule has 2 aromatic rings. The first-order chi connectivity index (χ1) is 9.54. The van der Waals surface area contributed by atoms with Crippen LogP contribution >= 0.6 is 43.5 Å². The lowest BCUT2D eigenvalue weighted by atomic mass is 10.1. The summed E-state index contributed by atoms with van der Waals surface area (Å²) in [6, 6.07) is 7.45. The summed E-state index contributed by atoms with van der Waals surface area (Å²) in [4.78, 5) is 16.2. The van der Waals surface area contributed by atoms with Crippen LogP contribution in [0.1, 0.15) is 11.1 Å². The highest BCUT2D eigenvalue weighted by atomic mass is 79.9. The van der Waals surface area contributed by atoms with Crippen LogP contribution in [0.2, 0.25) is 5.02 Å². The van der Waals surface area contributed by atoms with Gasteiger partial charge in [-0.3, -0.25) is 4.79 Å². The smallest absolute Gasteiger partial charge is 0.257 e. The zero-order valence-electron chi connectivity index (χ0n) is 9.95. The molecule has 1 aliphatic rings. The van der Waals surface area contributed by atoms with E-state index in [2.05, 4.69) is 42.2 Å². The Labute approximate surface area is 137 Å². The van der Waals surface area contributed by atoms with Crippen LogP contribution in [-0.2, 0) is 4.79 Å². The van der Waals surface area contributed by atoms with E-state index in [1.807, 2.05) is 18.2 Å². The minimum atomic E-state index is -0.198. The van der Waals surface area contributed by atoms with Crippen LogP contribution in [0.4, 0.5) is 5.82 Å². The molecular weight excluding hydrogens is 407 g/mol. The van der Waals surface area contributed by atoms with Gasteiger partial charge in [0, 0.05) is 20.7 Å². The Bertz CT molecular complexity index is 739. The first-order valence-electron chi connectivity index (χ1n) is 5.68. The summed E-state index contributed by atoms with van der Waals surface area (Å²) in [5, 5.41) is 3.22. The second-order valence-electron chi connectivity index (χ2n) is 4.23. The molecule has 6 heteroatoms. The van der Waals surface area contributed by atoms with Crippen molar-refractivity contribution in [2.75, 3.05) is 5.32 Å². The van der Waals surface area contributed by atoms with E-state index in [0.29, 0.717) is 22.0 Å². The fraction of sp³-hybridized carbons (Fsp3) is 0. The Morgan fingerprint density at radius 3 is 2.60 bits per heavy atom. The molecule has 20 heavy (non-hydrogen) atoms. The number of hydrogen-bond acceptors (Lipinski definition) is 2. The van der Waals surface area contributed by atoms with Gasteiger partial charge in [0.25, 0.3) is 5.91 Å². The van der Waals surface area contributed by atoms with Gasteiger partial charge < -0.3 is 5.32 Å². The first kappa shape index (κ1) is 13.8. The molecule has 1 aliphatic heterocycles. The van der Waals surface area contributed by atoms with E-state index < -0.39 is 0 Å². The minimum Gasteiger partial charge on any atom is -0.306 e. The molecule has 100 valence electrons. The van der Waals surface area contributed by atoms with Crippen molar-refractivity contribution in [1.82, 2.24) is 4.98 Å². The van der Waals surface area contributed by atoms with Crippen molar-refractivity contribution in [2.45, 2.75) is 0 Å². The number of carbonyl (C=O) groups excluding carboxylic acids is 1. The predicted octanol–water partition coefficient (Wildman–Crippen LogP) is 4.75. The molecule has 1 aromatic heterocycles. The number of nitrogens with zero attached hydrogens (tertiary/aromatic N) is 1. The van der Waals surface area contributed by atoms with Crippen molar-refractivity contribution in [3.63, 3.8) is 0 Å². The van der Waals surface area contributed by atoms with Crippen molar-refractivity contribution >= 4 is 66.8 Å². The lowest BCUT2D eigenvalue weighted by molar-refractivity contribution is -0.110. The maximum absolute atomic E-state index is 12.1. The maximum atomic E-state index is 12.1.